The molecule has 0 atom stereocenters. The van der Waals surface area contributed by atoms with Crippen molar-refractivity contribution in [2.45, 2.75) is 0 Å². The largest absolute Gasteiger partial charge is 0.507 e. The molecule has 128 valence electrons. The van der Waals surface area contributed by atoms with Crippen molar-refractivity contribution in [3.05, 3.63) is 78.9 Å². The van der Waals surface area contributed by atoms with Crippen LogP contribution in [-0.2, 0) is 0 Å². The van der Waals surface area contributed by atoms with Gasteiger partial charge in [-0.3, -0.25) is 0 Å². The van der Waals surface area contributed by atoms with Crippen LogP contribution in [0.5, 0.6) is 5.75 Å². The van der Waals surface area contributed by atoms with Crippen molar-refractivity contribution in [2.75, 3.05) is 0 Å². The molecule has 2 aromatic heterocycles. The van der Waals surface area contributed by atoms with Crippen molar-refractivity contribution in [2.24, 2.45) is 0 Å². The summed E-state index contributed by atoms with van der Waals surface area (Å²) in [6.45, 7) is 0. The van der Waals surface area contributed by atoms with Crippen LogP contribution in [-0.4, -0.2) is 5.11 Å². The Morgan fingerprint density at radius 3 is 2.33 bits per heavy atom. The highest BCUT2D eigenvalue weighted by Crippen LogP contribution is 2.45. The zero-order chi connectivity index (χ0) is 18.0. The van der Waals surface area contributed by atoms with Crippen LogP contribution in [0.1, 0.15) is 0 Å². The van der Waals surface area contributed by atoms with Crippen LogP contribution in [0, 0.1) is 0 Å². The number of hydrogen-bond acceptors (Lipinski definition) is 3. The van der Waals surface area contributed by atoms with Gasteiger partial charge in [0.15, 0.2) is 0 Å². The second kappa shape index (κ2) is 5.35. The standard InChI is InChI=1S/C24H14O2S/c25-18-10-5-13-21-23(18)17-9-3-8-15(24(17)27-21)14-7-4-12-20-22(14)16-6-1-2-11-19(16)26-20/h1-13,25H. The fourth-order valence-corrected chi connectivity index (χ4v) is 5.29. The Kier molecular flexibility index (Phi) is 2.94. The molecule has 0 saturated heterocycles. The maximum atomic E-state index is 10.4. The van der Waals surface area contributed by atoms with E-state index in [4.69, 9.17) is 4.42 Å². The Labute approximate surface area is 158 Å². The first-order chi connectivity index (χ1) is 13.3. The van der Waals surface area contributed by atoms with Crippen molar-refractivity contribution in [1.82, 2.24) is 0 Å². The lowest BCUT2D eigenvalue weighted by Gasteiger charge is -2.06. The van der Waals surface area contributed by atoms with Gasteiger partial charge < -0.3 is 9.52 Å². The molecule has 3 heteroatoms. The third-order valence-corrected chi connectivity index (χ3v) is 6.40. The molecule has 0 aliphatic rings. The summed E-state index contributed by atoms with van der Waals surface area (Å²) in [6.07, 6.45) is 0. The van der Waals surface area contributed by atoms with Crippen molar-refractivity contribution < 1.29 is 9.52 Å². The number of rotatable bonds is 1. The second-order valence-electron chi connectivity index (χ2n) is 6.71. The monoisotopic (exact) mass is 366 g/mol. The summed E-state index contributed by atoms with van der Waals surface area (Å²) in [5.74, 6) is 0.336. The lowest BCUT2D eigenvalue weighted by atomic mass is 9.98. The first-order valence-corrected chi connectivity index (χ1v) is 9.67. The summed E-state index contributed by atoms with van der Waals surface area (Å²) in [5, 5.41) is 14.7. The third kappa shape index (κ3) is 2.00. The first-order valence-electron chi connectivity index (χ1n) is 8.85. The summed E-state index contributed by atoms with van der Waals surface area (Å²) in [6, 6.07) is 26.4. The van der Waals surface area contributed by atoms with Crippen LogP contribution < -0.4 is 0 Å². The van der Waals surface area contributed by atoms with Crippen molar-refractivity contribution in [3.63, 3.8) is 0 Å². The van der Waals surface area contributed by atoms with E-state index in [1.54, 1.807) is 17.4 Å². The average Bonchev–Trinajstić information content (AvgIpc) is 3.26. The molecule has 0 aliphatic carbocycles. The fourth-order valence-electron chi connectivity index (χ4n) is 4.04. The highest BCUT2D eigenvalue weighted by molar-refractivity contribution is 7.26. The molecule has 0 fully saturated rings. The van der Waals surface area contributed by atoms with Crippen molar-refractivity contribution >= 4 is 53.4 Å². The Balaban J connectivity index is 1.79. The van der Waals surface area contributed by atoms with Gasteiger partial charge in [0.25, 0.3) is 0 Å². The summed E-state index contributed by atoms with van der Waals surface area (Å²) < 4.78 is 8.35. The molecule has 0 saturated carbocycles. The number of hydrogen-bond donors (Lipinski definition) is 1. The number of para-hydroxylation sites is 1. The molecular formula is C24H14O2S. The third-order valence-electron chi connectivity index (χ3n) is 5.19. The Morgan fingerprint density at radius 1 is 0.630 bits per heavy atom. The van der Waals surface area contributed by atoms with Crippen LogP contribution >= 0.6 is 11.3 Å². The number of fused-ring (bicyclic) bond motifs is 6. The molecule has 0 unspecified atom stereocenters. The zero-order valence-corrected chi connectivity index (χ0v) is 15.1. The van der Waals surface area contributed by atoms with Gasteiger partial charge in [-0.2, -0.15) is 0 Å². The Hall–Kier alpha value is -3.30. The maximum absolute atomic E-state index is 10.4. The molecule has 4 aromatic carbocycles. The molecule has 0 amide bonds. The molecule has 27 heavy (non-hydrogen) atoms. The molecule has 2 nitrogen and oxygen atoms in total. The number of benzene rings is 4. The zero-order valence-electron chi connectivity index (χ0n) is 14.3. The minimum atomic E-state index is 0.336. The molecule has 6 rings (SSSR count). The summed E-state index contributed by atoms with van der Waals surface area (Å²) >= 11 is 1.72. The van der Waals surface area contributed by atoms with E-state index < -0.39 is 0 Å². The predicted octanol–water partition coefficient (Wildman–Crippen LogP) is 7.33. The van der Waals surface area contributed by atoms with Crippen molar-refractivity contribution in [3.8, 4) is 16.9 Å². The smallest absolute Gasteiger partial charge is 0.136 e. The van der Waals surface area contributed by atoms with E-state index in [2.05, 4.69) is 36.4 Å². The molecule has 0 spiro atoms. The minimum absolute atomic E-state index is 0.336. The van der Waals surface area contributed by atoms with E-state index in [1.165, 1.54) is 10.3 Å². The number of thiophene rings is 1. The number of furan rings is 1. The lowest BCUT2D eigenvalue weighted by molar-refractivity contribution is 0.482. The fraction of sp³-hybridized carbons (Fsp3) is 0. The SMILES string of the molecule is Oc1cccc2sc3c(-c4cccc5oc6ccccc6c45)cccc3c12. The van der Waals surface area contributed by atoms with Crippen LogP contribution in [0.4, 0.5) is 0 Å². The van der Waals surface area contributed by atoms with Gasteiger partial charge in [-0.1, -0.05) is 54.6 Å². The molecule has 2 heterocycles. The highest BCUT2D eigenvalue weighted by atomic mass is 32.1. The number of phenolic OH excluding ortho intramolecular Hbond substituents is 1. The van der Waals surface area contributed by atoms with E-state index in [0.29, 0.717) is 5.75 Å². The van der Waals surface area contributed by atoms with Crippen LogP contribution in [0.15, 0.2) is 83.3 Å². The molecule has 1 N–H and O–H groups in total. The summed E-state index contributed by atoms with van der Waals surface area (Å²) in [5.41, 5.74) is 4.13. The summed E-state index contributed by atoms with van der Waals surface area (Å²) in [7, 11) is 0. The van der Waals surface area contributed by atoms with Crippen LogP contribution in [0.2, 0.25) is 0 Å². The van der Waals surface area contributed by atoms with Crippen LogP contribution in [0.25, 0.3) is 53.2 Å². The van der Waals surface area contributed by atoms with Gasteiger partial charge in [0.1, 0.15) is 16.9 Å². The van der Waals surface area contributed by atoms with Gasteiger partial charge in [0.05, 0.1) is 0 Å². The van der Waals surface area contributed by atoms with E-state index in [1.807, 2.05) is 36.4 Å². The average molecular weight is 366 g/mol. The predicted molar refractivity (Wildman–Crippen MR) is 114 cm³/mol. The molecular weight excluding hydrogens is 352 g/mol. The van der Waals surface area contributed by atoms with E-state index in [-0.39, 0.29) is 0 Å². The summed E-state index contributed by atoms with van der Waals surface area (Å²) in [4.78, 5) is 0. The van der Waals surface area contributed by atoms with Gasteiger partial charge in [-0.05, 0) is 29.8 Å². The molecule has 0 bridgehead atoms. The Morgan fingerprint density at radius 2 is 1.37 bits per heavy atom. The highest BCUT2D eigenvalue weighted by Gasteiger charge is 2.16. The van der Waals surface area contributed by atoms with Gasteiger partial charge >= 0.3 is 0 Å². The van der Waals surface area contributed by atoms with E-state index >= 15 is 0 Å². The van der Waals surface area contributed by atoms with Crippen molar-refractivity contribution in [1.29, 1.82) is 0 Å². The second-order valence-corrected chi connectivity index (χ2v) is 7.76. The Bertz CT molecular complexity index is 1490. The molecule has 6 aromatic rings. The van der Waals surface area contributed by atoms with Gasteiger partial charge in [0.2, 0.25) is 0 Å². The van der Waals surface area contributed by atoms with E-state index in [0.717, 1.165) is 43.0 Å². The van der Waals surface area contributed by atoms with Gasteiger partial charge in [0, 0.05) is 36.5 Å². The van der Waals surface area contributed by atoms with Crippen LogP contribution in [0.3, 0.4) is 0 Å². The minimum Gasteiger partial charge on any atom is -0.507 e. The normalized spacial score (nSPS) is 11.9. The number of aromatic hydroxyl groups is 1. The number of phenols is 1. The molecule has 0 radical (unpaired) electrons. The first kappa shape index (κ1) is 14.8. The molecule has 0 aliphatic heterocycles. The lowest BCUT2D eigenvalue weighted by Crippen LogP contribution is -1.80. The quantitative estimate of drug-likeness (QED) is 0.330. The van der Waals surface area contributed by atoms with Gasteiger partial charge in [-0.25, -0.2) is 0 Å². The topological polar surface area (TPSA) is 33.4 Å². The van der Waals surface area contributed by atoms with E-state index in [9.17, 15) is 5.11 Å². The maximum Gasteiger partial charge on any atom is 0.136 e. The van der Waals surface area contributed by atoms with Gasteiger partial charge in [-0.15, -0.1) is 11.3 Å².